The van der Waals surface area contributed by atoms with Crippen LogP contribution in [0.25, 0.3) is 0 Å². The second kappa shape index (κ2) is 6.14. The van der Waals surface area contributed by atoms with E-state index >= 15 is 0 Å². The molecular weight excluding hydrogens is 196 g/mol. The molecule has 0 saturated carbocycles. The Morgan fingerprint density at radius 3 is 2.79 bits per heavy atom. The third-order valence-corrected chi connectivity index (χ3v) is 2.80. The Labute approximate surface area is 91.0 Å². The zero-order valence-corrected chi connectivity index (χ0v) is 9.67. The first-order valence-corrected chi connectivity index (χ1v) is 5.58. The van der Waals surface area contributed by atoms with Crippen LogP contribution in [0, 0.1) is 11.8 Å². The largest absolute Gasteiger partial charge is 0.467 e. The number of hydrogen-bond acceptors (Lipinski definition) is 3. The molecule has 0 fully saturated rings. The predicted molar refractivity (Wildman–Crippen MR) is 60.5 cm³/mol. The molecule has 3 heteroatoms. The Balaban J connectivity index is 2.20. The lowest BCUT2D eigenvalue weighted by Gasteiger charge is -2.17. The molecule has 0 bridgehead atoms. The normalized spacial score (nSPS) is 13.4. The molecule has 1 rings (SSSR count). The van der Waals surface area contributed by atoms with Crippen molar-refractivity contribution in [2.24, 2.45) is 11.8 Å². The molecule has 80 valence electrons. The topological polar surface area (TPSA) is 22.4 Å². The van der Waals surface area contributed by atoms with Crippen molar-refractivity contribution in [1.29, 1.82) is 0 Å². The van der Waals surface area contributed by atoms with Gasteiger partial charge in [0, 0.05) is 0 Å². The molecule has 0 aromatic carbocycles. The van der Waals surface area contributed by atoms with Crippen LogP contribution in [0.2, 0.25) is 0 Å². The van der Waals surface area contributed by atoms with Gasteiger partial charge in [-0.2, -0.15) is 12.6 Å². The van der Waals surface area contributed by atoms with Crippen molar-refractivity contribution in [3.63, 3.8) is 0 Å². The number of thiol groups is 1. The van der Waals surface area contributed by atoms with E-state index in [1.807, 2.05) is 12.1 Å². The average Bonchev–Trinajstić information content (AvgIpc) is 2.64. The summed E-state index contributed by atoms with van der Waals surface area (Å²) >= 11 is 4.30. The standard InChI is InChI=1S/C11H18O2S/c1-9(2)10(8-14)6-12-7-11-4-3-5-13-11/h3-5,9-10,14H,6-8H2,1-2H3. The predicted octanol–water partition coefficient (Wildman–Crippen LogP) is 3.00. The van der Waals surface area contributed by atoms with Gasteiger partial charge in [-0.1, -0.05) is 13.8 Å². The summed E-state index contributed by atoms with van der Waals surface area (Å²) in [6, 6.07) is 3.79. The molecule has 0 amide bonds. The van der Waals surface area contributed by atoms with Crippen LogP contribution in [0.5, 0.6) is 0 Å². The lowest BCUT2D eigenvalue weighted by Crippen LogP contribution is -2.17. The fourth-order valence-electron chi connectivity index (χ4n) is 1.16. The maximum atomic E-state index is 5.55. The Morgan fingerprint density at radius 2 is 2.29 bits per heavy atom. The van der Waals surface area contributed by atoms with E-state index in [0.29, 0.717) is 18.4 Å². The highest BCUT2D eigenvalue weighted by Crippen LogP contribution is 2.13. The van der Waals surface area contributed by atoms with Gasteiger partial charge in [0.2, 0.25) is 0 Å². The van der Waals surface area contributed by atoms with Crippen LogP contribution in [0.1, 0.15) is 19.6 Å². The first kappa shape index (κ1) is 11.7. The molecule has 0 saturated heterocycles. The Bertz CT molecular complexity index is 231. The number of hydrogen-bond donors (Lipinski definition) is 1. The van der Waals surface area contributed by atoms with Gasteiger partial charge in [-0.05, 0) is 29.7 Å². The van der Waals surface area contributed by atoms with Gasteiger partial charge < -0.3 is 9.15 Å². The van der Waals surface area contributed by atoms with E-state index in [9.17, 15) is 0 Å². The Hall–Kier alpha value is -0.410. The molecule has 0 aliphatic carbocycles. The molecule has 1 unspecified atom stereocenters. The van der Waals surface area contributed by atoms with Gasteiger partial charge in [0.1, 0.15) is 12.4 Å². The van der Waals surface area contributed by atoms with Gasteiger partial charge >= 0.3 is 0 Å². The second-order valence-electron chi connectivity index (χ2n) is 3.78. The molecule has 2 nitrogen and oxygen atoms in total. The molecule has 0 spiro atoms. The maximum absolute atomic E-state index is 5.55. The van der Waals surface area contributed by atoms with Gasteiger partial charge in [0.25, 0.3) is 0 Å². The van der Waals surface area contributed by atoms with Crippen molar-refractivity contribution in [2.75, 3.05) is 12.4 Å². The summed E-state index contributed by atoms with van der Waals surface area (Å²) in [7, 11) is 0. The SMILES string of the molecule is CC(C)C(CS)COCc1ccco1. The number of furan rings is 1. The first-order valence-electron chi connectivity index (χ1n) is 4.95. The van der Waals surface area contributed by atoms with Gasteiger partial charge in [0.15, 0.2) is 0 Å². The van der Waals surface area contributed by atoms with Crippen LogP contribution < -0.4 is 0 Å². The zero-order chi connectivity index (χ0) is 10.4. The third kappa shape index (κ3) is 3.76. The summed E-state index contributed by atoms with van der Waals surface area (Å²) in [5, 5.41) is 0. The summed E-state index contributed by atoms with van der Waals surface area (Å²) in [5.41, 5.74) is 0. The summed E-state index contributed by atoms with van der Waals surface area (Å²) in [6.45, 7) is 5.69. The molecule has 1 aromatic heterocycles. The second-order valence-corrected chi connectivity index (χ2v) is 4.15. The van der Waals surface area contributed by atoms with E-state index < -0.39 is 0 Å². The minimum atomic E-state index is 0.522. The highest BCUT2D eigenvalue weighted by Gasteiger charge is 2.11. The monoisotopic (exact) mass is 214 g/mol. The third-order valence-electron chi connectivity index (χ3n) is 2.33. The molecule has 1 aromatic rings. The highest BCUT2D eigenvalue weighted by molar-refractivity contribution is 7.80. The van der Waals surface area contributed by atoms with Crippen LogP contribution >= 0.6 is 12.6 Å². The van der Waals surface area contributed by atoms with Crippen molar-refractivity contribution in [2.45, 2.75) is 20.5 Å². The molecule has 1 heterocycles. The maximum Gasteiger partial charge on any atom is 0.129 e. The van der Waals surface area contributed by atoms with E-state index in [1.54, 1.807) is 6.26 Å². The fraction of sp³-hybridized carbons (Fsp3) is 0.636. The molecule has 14 heavy (non-hydrogen) atoms. The van der Waals surface area contributed by atoms with E-state index in [-0.39, 0.29) is 0 Å². The minimum Gasteiger partial charge on any atom is -0.467 e. The smallest absolute Gasteiger partial charge is 0.129 e. The van der Waals surface area contributed by atoms with Crippen LogP contribution in [0.4, 0.5) is 0 Å². The number of rotatable bonds is 6. The minimum absolute atomic E-state index is 0.522. The average molecular weight is 214 g/mol. The highest BCUT2D eigenvalue weighted by atomic mass is 32.1. The van der Waals surface area contributed by atoms with Crippen molar-refractivity contribution >= 4 is 12.6 Å². The van der Waals surface area contributed by atoms with Gasteiger partial charge in [-0.3, -0.25) is 0 Å². The quantitative estimate of drug-likeness (QED) is 0.735. The Kier molecular flexibility index (Phi) is 5.12. The first-order chi connectivity index (χ1) is 6.74. The van der Waals surface area contributed by atoms with Crippen LogP contribution in [0.3, 0.4) is 0 Å². The van der Waals surface area contributed by atoms with E-state index in [2.05, 4.69) is 26.5 Å². The fourth-order valence-corrected chi connectivity index (χ4v) is 1.69. The van der Waals surface area contributed by atoms with Gasteiger partial charge in [-0.15, -0.1) is 0 Å². The lowest BCUT2D eigenvalue weighted by atomic mass is 9.99. The van der Waals surface area contributed by atoms with Gasteiger partial charge in [-0.25, -0.2) is 0 Å². The summed E-state index contributed by atoms with van der Waals surface area (Å²) in [5.74, 6) is 2.89. The van der Waals surface area contributed by atoms with Crippen molar-refractivity contribution < 1.29 is 9.15 Å². The van der Waals surface area contributed by atoms with Gasteiger partial charge in [0.05, 0.1) is 12.9 Å². The van der Waals surface area contributed by atoms with Crippen molar-refractivity contribution in [1.82, 2.24) is 0 Å². The van der Waals surface area contributed by atoms with Crippen molar-refractivity contribution in [3.8, 4) is 0 Å². The number of ether oxygens (including phenoxy) is 1. The van der Waals surface area contributed by atoms with E-state index in [4.69, 9.17) is 9.15 Å². The molecular formula is C11H18O2S. The van der Waals surface area contributed by atoms with Crippen molar-refractivity contribution in [3.05, 3.63) is 24.2 Å². The molecule has 1 atom stereocenters. The molecule has 0 aliphatic heterocycles. The molecule has 0 N–H and O–H groups in total. The molecule has 0 aliphatic rings. The summed E-state index contributed by atoms with van der Waals surface area (Å²) < 4.78 is 10.7. The van der Waals surface area contributed by atoms with E-state index in [1.165, 1.54) is 0 Å². The zero-order valence-electron chi connectivity index (χ0n) is 8.77. The lowest BCUT2D eigenvalue weighted by molar-refractivity contribution is 0.0690. The molecule has 0 radical (unpaired) electrons. The van der Waals surface area contributed by atoms with Crippen LogP contribution in [-0.4, -0.2) is 12.4 Å². The van der Waals surface area contributed by atoms with Crippen LogP contribution in [0.15, 0.2) is 22.8 Å². The summed E-state index contributed by atoms with van der Waals surface area (Å²) in [4.78, 5) is 0. The summed E-state index contributed by atoms with van der Waals surface area (Å²) in [6.07, 6.45) is 1.66. The Morgan fingerprint density at radius 1 is 1.50 bits per heavy atom. The van der Waals surface area contributed by atoms with E-state index in [0.717, 1.165) is 18.1 Å². The van der Waals surface area contributed by atoms with Crippen LogP contribution in [-0.2, 0) is 11.3 Å².